The number of nitrogens with zero attached hydrogens (tertiary/aromatic N) is 4. The standard InChI is InChI=1S/C24H31N5O2/c1-18-21(24(31)26-14-19-8-3-2-4-9-19)15-25-23(27-18)20-10-7-11-28(16-20)17-22(30)29-12-5-6-13-29/h2-4,8-9,15,20H,5-7,10-14,16-17H2,1H3,(H,26,31)/t20-/m0/s1. The maximum atomic E-state index is 12.6. The smallest absolute Gasteiger partial charge is 0.254 e. The average Bonchev–Trinajstić information content (AvgIpc) is 3.33. The molecule has 2 fully saturated rings. The Morgan fingerprint density at radius 1 is 1.10 bits per heavy atom. The predicted octanol–water partition coefficient (Wildman–Crippen LogP) is 2.52. The predicted molar refractivity (Wildman–Crippen MR) is 119 cm³/mol. The molecule has 0 radical (unpaired) electrons. The summed E-state index contributed by atoms with van der Waals surface area (Å²) in [5.41, 5.74) is 2.26. The summed E-state index contributed by atoms with van der Waals surface area (Å²) in [5.74, 6) is 1.05. The second kappa shape index (κ2) is 10.0. The van der Waals surface area contributed by atoms with Gasteiger partial charge >= 0.3 is 0 Å². The van der Waals surface area contributed by atoms with Gasteiger partial charge in [-0.2, -0.15) is 0 Å². The fraction of sp³-hybridized carbons (Fsp3) is 0.500. The van der Waals surface area contributed by atoms with Crippen molar-refractivity contribution >= 4 is 11.8 Å². The highest BCUT2D eigenvalue weighted by Crippen LogP contribution is 2.25. The summed E-state index contributed by atoms with van der Waals surface area (Å²) < 4.78 is 0. The molecule has 2 aliphatic heterocycles. The van der Waals surface area contributed by atoms with Crippen LogP contribution in [0.3, 0.4) is 0 Å². The number of aryl methyl sites for hydroxylation is 1. The molecular formula is C24H31N5O2. The first-order valence-corrected chi connectivity index (χ1v) is 11.3. The van der Waals surface area contributed by atoms with Crippen LogP contribution in [0.4, 0.5) is 0 Å². The van der Waals surface area contributed by atoms with Crippen LogP contribution in [0.2, 0.25) is 0 Å². The summed E-state index contributed by atoms with van der Waals surface area (Å²) in [6.07, 6.45) is 5.92. The summed E-state index contributed by atoms with van der Waals surface area (Å²) in [5, 5.41) is 2.94. The van der Waals surface area contributed by atoms with Gasteiger partial charge in [0.05, 0.1) is 17.8 Å². The summed E-state index contributed by atoms with van der Waals surface area (Å²) in [6.45, 7) is 6.34. The molecule has 4 rings (SSSR count). The van der Waals surface area contributed by atoms with Crippen LogP contribution in [0.25, 0.3) is 0 Å². The van der Waals surface area contributed by atoms with E-state index in [2.05, 4.69) is 20.2 Å². The van der Waals surface area contributed by atoms with Crippen LogP contribution in [-0.2, 0) is 11.3 Å². The molecular weight excluding hydrogens is 390 g/mol. The topological polar surface area (TPSA) is 78.4 Å². The maximum absolute atomic E-state index is 12.6. The van der Waals surface area contributed by atoms with Gasteiger partial charge in [0.25, 0.3) is 5.91 Å². The van der Waals surface area contributed by atoms with Crippen molar-refractivity contribution in [2.75, 3.05) is 32.7 Å². The highest BCUT2D eigenvalue weighted by molar-refractivity contribution is 5.94. The van der Waals surface area contributed by atoms with Gasteiger partial charge in [-0.05, 0) is 44.7 Å². The van der Waals surface area contributed by atoms with Crippen molar-refractivity contribution in [1.29, 1.82) is 0 Å². The fourth-order valence-electron chi connectivity index (χ4n) is 4.45. The minimum atomic E-state index is -0.158. The second-order valence-corrected chi connectivity index (χ2v) is 8.56. The van der Waals surface area contributed by atoms with E-state index >= 15 is 0 Å². The van der Waals surface area contributed by atoms with Crippen molar-refractivity contribution in [1.82, 2.24) is 25.1 Å². The lowest BCUT2D eigenvalue weighted by Gasteiger charge is -2.32. The Hall–Kier alpha value is -2.80. The van der Waals surface area contributed by atoms with E-state index in [1.807, 2.05) is 42.2 Å². The van der Waals surface area contributed by atoms with Crippen LogP contribution in [0.15, 0.2) is 36.5 Å². The number of carbonyl (C=O) groups is 2. The molecule has 1 N–H and O–H groups in total. The minimum Gasteiger partial charge on any atom is -0.348 e. The minimum absolute atomic E-state index is 0.158. The third kappa shape index (κ3) is 5.47. The number of rotatable bonds is 6. The molecule has 0 saturated carbocycles. The average molecular weight is 422 g/mol. The number of carbonyl (C=O) groups excluding carboxylic acids is 2. The number of nitrogens with one attached hydrogen (secondary N) is 1. The first-order chi connectivity index (χ1) is 15.1. The molecule has 0 bridgehead atoms. The Balaban J connectivity index is 1.35. The van der Waals surface area contributed by atoms with E-state index in [1.165, 1.54) is 0 Å². The third-order valence-electron chi connectivity index (χ3n) is 6.23. The number of hydrogen-bond acceptors (Lipinski definition) is 5. The molecule has 164 valence electrons. The normalized spacial score (nSPS) is 19.4. The zero-order valence-electron chi connectivity index (χ0n) is 18.2. The quantitative estimate of drug-likeness (QED) is 0.775. The van der Waals surface area contributed by atoms with Gasteiger partial charge in [0.2, 0.25) is 5.91 Å². The molecule has 31 heavy (non-hydrogen) atoms. The Bertz CT molecular complexity index is 911. The maximum Gasteiger partial charge on any atom is 0.254 e. The van der Waals surface area contributed by atoms with Crippen molar-refractivity contribution < 1.29 is 9.59 Å². The number of piperidine rings is 1. The Labute approximate surface area is 183 Å². The van der Waals surface area contributed by atoms with E-state index < -0.39 is 0 Å². The lowest BCUT2D eigenvalue weighted by atomic mass is 9.97. The molecule has 1 atom stereocenters. The van der Waals surface area contributed by atoms with Crippen molar-refractivity contribution in [3.8, 4) is 0 Å². The highest BCUT2D eigenvalue weighted by Gasteiger charge is 2.27. The van der Waals surface area contributed by atoms with E-state index in [-0.39, 0.29) is 17.7 Å². The molecule has 7 heteroatoms. The SMILES string of the molecule is Cc1nc([C@H]2CCCN(CC(=O)N3CCCC3)C2)ncc1C(=O)NCc1ccccc1. The largest absolute Gasteiger partial charge is 0.348 e. The van der Waals surface area contributed by atoms with E-state index in [4.69, 9.17) is 0 Å². The van der Waals surface area contributed by atoms with Gasteiger partial charge in [-0.25, -0.2) is 9.97 Å². The summed E-state index contributed by atoms with van der Waals surface area (Å²) >= 11 is 0. The molecule has 0 spiro atoms. The zero-order valence-corrected chi connectivity index (χ0v) is 18.2. The number of benzene rings is 1. The van der Waals surface area contributed by atoms with Crippen LogP contribution in [0.5, 0.6) is 0 Å². The first kappa shape index (κ1) is 21.4. The Morgan fingerprint density at radius 2 is 1.87 bits per heavy atom. The van der Waals surface area contributed by atoms with E-state index in [9.17, 15) is 9.59 Å². The molecule has 2 amide bonds. The van der Waals surface area contributed by atoms with Gasteiger partial charge in [0.1, 0.15) is 5.82 Å². The first-order valence-electron chi connectivity index (χ1n) is 11.3. The van der Waals surface area contributed by atoms with Gasteiger partial charge in [-0.3, -0.25) is 14.5 Å². The van der Waals surface area contributed by atoms with E-state index in [1.54, 1.807) is 6.20 Å². The summed E-state index contributed by atoms with van der Waals surface area (Å²) in [4.78, 5) is 38.5. The number of likely N-dealkylation sites (tertiary alicyclic amines) is 2. The lowest BCUT2D eigenvalue weighted by Crippen LogP contribution is -2.43. The Morgan fingerprint density at radius 3 is 2.61 bits per heavy atom. The molecule has 7 nitrogen and oxygen atoms in total. The zero-order chi connectivity index (χ0) is 21.6. The van der Waals surface area contributed by atoms with Gasteiger partial charge in [-0.15, -0.1) is 0 Å². The number of amides is 2. The molecule has 3 heterocycles. The molecule has 2 aliphatic rings. The van der Waals surface area contributed by atoms with Crippen molar-refractivity contribution in [3.63, 3.8) is 0 Å². The van der Waals surface area contributed by atoms with E-state index in [0.717, 1.165) is 63.3 Å². The summed E-state index contributed by atoms with van der Waals surface area (Å²) in [6, 6.07) is 9.83. The van der Waals surface area contributed by atoms with Gasteiger partial charge < -0.3 is 10.2 Å². The van der Waals surface area contributed by atoms with Crippen LogP contribution >= 0.6 is 0 Å². The van der Waals surface area contributed by atoms with Crippen molar-refractivity contribution in [2.45, 2.75) is 45.1 Å². The van der Waals surface area contributed by atoms with Crippen LogP contribution < -0.4 is 5.32 Å². The van der Waals surface area contributed by atoms with Crippen LogP contribution in [0, 0.1) is 6.92 Å². The lowest BCUT2D eigenvalue weighted by molar-refractivity contribution is -0.131. The van der Waals surface area contributed by atoms with Crippen molar-refractivity contribution in [3.05, 3.63) is 59.2 Å². The monoisotopic (exact) mass is 421 g/mol. The molecule has 2 saturated heterocycles. The third-order valence-corrected chi connectivity index (χ3v) is 6.23. The summed E-state index contributed by atoms with van der Waals surface area (Å²) in [7, 11) is 0. The van der Waals surface area contributed by atoms with Gasteiger partial charge in [0, 0.05) is 38.3 Å². The highest BCUT2D eigenvalue weighted by atomic mass is 16.2. The second-order valence-electron chi connectivity index (χ2n) is 8.56. The van der Waals surface area contributed by atoms with Gasteiger partial charge in [-0.1, -0.05) is 30.3 Å². The van der Waals surface area contributed by atoms with Crippen molar-refractivity contribution in [2.24, 2.45) is 0 Å². The fourth-order valence-corrected chi connectivity index (χ4v) is 4.45. The van der Waals surface area contributed by atoms with Crippen LogP contribution in [-0.4, -0.2) is 64.3 Å². The molecule has 1 aromatic carbocycles. The molecule has 0 aliphatic carbocycles. The van der Waals surface area contributed by atoms with E-state index in [0.29, 0.717) is 24.3 Å². The Kier molecular flexibility index (Phi) is 6.92. The van der Waals surface area contributed by atoms with Gasteiger partial charge in [0.15, 0.2) is 0 Å². The molecule has 1 aromatic heterocycles. The number of hydrogen-bond donors (Lipinski definition) is 1. The molecule has 2 aromatic rings. The molecule has 0 unspecified atom stereocenters. The number of aromatic nitrogens is 2. The van der Waals surface area contributed by atoms with Crippen LogP contribution in [0.1, 0.15) is 59.0 Å².